The largest absolute Gasteiger partial charge is 0.473 e. The minimum absolute atomic E-state index is 0.313. The zero-order valence-corrected chi connectivity index (χ0v) is 12.2. The molecule has 3 fully saturated rings. The maximum Gasteiger partial charge on any atom is 0.414 e. The molecule has 2 bridgehead atoms. The van der Waals surface area contributed by atoms with E-state index in [0.29, 0.717) is 11.8 Å². The Hall–Kier alpha value is -1.96. The molecule has 3 saturated heterocycles. The first-order valence-corrected chi connectivity index (χ1v) is 7.09. The third kappa shape index (κ3) is 4.03. The normalized spacial score (nSPS) is 26.1. The van der Waals surface area contributed by atoms with Crippen molar-refractivity contribution in [2.24, 2.45) is 5.92 Å². The van der Waals surface area contributed by atoms with Gasteiger partial charge in [-0.05, 0) is 31.7 Å². The first-order chi connectivity index (χ1) is 10.5. The van der Waals surface area contributed by atoms with Crippen molar-refractivity contribution < 1.29 is 24.3 Å². The average molecular weight is 308 g/mol. The minimum atomic E-state index is -1.82. The third-order valence-corrected chi connectivity index (χ3v) is 3.49. The highest BCUT2D eigenvalue weighted by Crippen LogP contribution is 2.41. The molecule has 0 saturated carbocycles. The molecule has 3 aliphatic rings. The van der Waals surface area contributed by atoms with Crippen LogP contribution in [0.5, 0.6) is 0 Å². The van der Waals surface area contributed by atoms with Gasteiger partial charge < -0.3 is 14.7 Å². The molecule has 3 radical (unpaired) electrons. The second kappa shape index (κ2) is 7.35. The lowest BCUT2D eigenvalue weighted by atomic mass is 9.79. The van der Waals surface area contributed by atoms with Crippen LogP contribution in [0.25, 0.3) is 0 Å². The molecule has 3 atom stereocenters. The number of hydrogen-bond donors (Lipinski definition) is 2. The molecule has 3 aliphatic heterocycles. The van der Waals surface area contributed by atoms with Crippen molar-refractivity contribution in [3.05, 3.63) is 31.2 Å². The van der Waals surface area contributed by atoms with Gasteiger partial charge in [0.25, 0.3) is 0 Å². The number of carboxylic acid groups (broad SMARTS) is 2. The summed E-state index contributed by atoms with van der Waals surface area (Å²) in [6, 6.07) is 0. The number of aromatic nitrogens is 2. The van der Waals surface area contributed by atoms with Gasteiger partial charge in [0, 0.05) is 25.4 Å². The first kappa shape index (κ1) is 16.4. The van der Waals surface area contributed by atoms with Crippen molar-refractivity contribution in [2.45, 2.75) is 32.1 Å². The highest BCUT2D eigenvalue weighted by molar-refractivity contribution is 6.27. The number of carboxylic acids is 2. The molecule has 1 aromatic rings. The van der Waals surface area contributed by atoms with Crippen LogP contribution >= 0.6 is 0 Å². The van der Waals surface area contributed by atoms with E-state index in [4.69, 9.17) is 24.3 Å². The summed E-state index contributed by atoms with van der Waals surface area (Å²) < 4.78 is 5.24. The molecule has 0 spiro atoms. The van der Waals surface area contributed by atoms with Crippen LogP contribution in [0.15, 0.2) is 4.52 Å². The zero-order chi connectivity index (χ0) is 16.1. The Morgan fingerprint density at radius 3 is 2.59 bits per heavy atom. The lowest BCUT2D eigenvalue weighted by Gasteiger charge is -2.42. The number of fused-ring (bicyclic) bond motifs is 3. The molecule has 22 heavy (non-hydrogen) atoms. The zero-order valence-electron chi connectivity index (χ0n) is 12.2. The van der Waals surface area contributed by atoms with Crippen molar-refractivity contribution in [1.82, 2.24) is 15.0 Å². The van der Waals surface area contributed by atoms with Crippen LogP contribution in [0.1, 0.15) is 37.4 Å². The van der Waals surface area contributed by atoms with Crippen LogP contribution in [0.2, 0.25) is 0 Å². The molecule has 4 rings (SSSR count). The van der Waals surface area contributed by atoms with Gasteiger partial charge in [-0.25, -0.2) is 9.59 Å². The Morgan fingerprint density at radius 1 is 1.41 bits per heavy atom. The van der Waals surface area contributed by atoms with Gasteiger partial charge in [-0.1, -0.05) is 12.1 Å². The third-order valence-electron chi connectivity index (χ3n) is 3.49. The van der Waals surface area contributed by atoms with Gasteiger partial charge in [-0.3, -0.25) is 4.90 Å². The summed E-state index contributed by atoms with van der Waals surface area (Å²) in [5.74, 6) is -1.16. The average Bonchev–Trinajstić information content (AvgIpc) is 2.98. The molecule has 0 amide bonds. The summed E-state index contributed by atoms with van der Waals surface area (Å²) >= 11 is 0. The molecule has 2 N–H and O–H groups in total. The molecular weight excluding hydrogens is 290 g/mol. The van der Waals surface area contributed by atoms with Gasteiger partial charge >= 0.3 is 11.9 Å². The fraction of sp³-hybridized carbons (Fsp3) is 0.500. The number of aliphatic carboxylic acids is 2. The lowest BCUT2D eigenvalue weighted by molar-refractivity contribution is -0.159. The van der Waals surface area contributed by atoms with Crippen LogP contribution in [-0.2, 0) is 16.0 Å². The van der Waals surface area contributed by atoms with E-state index in [2.05, 4.69) is 41.5 Å². The van der Waals surface area contributed by atoms with E-state index in [-0.39, 0.29) is 0 Å². The number of rotatable bonds is 3. The Bertz CT molecular complexity index is 510. The molecule has 8 nitrogen and oxygen atoms in total. The Kier molecular flexibility index (Phi) is 5.48. The Balaban J connectivity index is 0.000000254. The van der Waals surface area contributed by atoms with Gasteiger partial charge in [0.05, 0.1) is 0 Å². The second-order valence-corrected chi connectivity index (χ2v) is 5.11. The van der Waals surface area contributed by atoms with E-state index < -0.39 is 11.9 Å². The van der Waals surface area contributed by atoms with Crippen LogP contribution in [0.4, 0.5) is 0 Å². The van der Waals surface area contributed by atoms with Crippen LogP contribution in [0, 0.1) is 25.4 Å². The predicted molar refractivity (Wildman–Crippen MR) is 74.0 cm³/mol. The molecule has 8 heteroatoms. The van der Waals surface area contributed by atoms with Gasteiger partial charge in [-0.2, -0.15) is 4.98 Å². The van der Waals surface area contributed by atoms with E-state index in [1.165, 1.54) is 6.42 Å². The van der Waals surface area contributed by atoms with Crippen molar-refractivity contribution >= 4 is 11.9 Å². The molecule has 119 valence electrons. The van der Waals surface area contributed by atoms with Crippen LogP contribution in [-0.4, -0.2) is 43.7 Å². The van der Waals surface area contributed by atoms with Crippen molar-refractivity contribution in [2.75, 3.05) is 6.54 Å². The number of piperidine rings is 3. The van der Waals surface area contributed by atoms with Gasteiger partial charge in [0.15, 0.2) is 5.82 Å². The summed E-state index contributed by atoms with van der Waals surface area (Å²) in [5, 5.41) is 18.9. The number of carbonyl (C=O) groups is 2. The number of nitrogens with zero attached hydrogens (tertiary/aromatic N) is 3. The molecular formula is C14H18N3O5. The Labute approximate surface area is 128 Å². The maximum atomic E-state index is 9.10. The fourth-order valence-corrected chi connectivity index (χ4v) is 2.41. The first-order valence-electron chi connectivity index (χ1n) is 7.09. The van der Waals surface area contributed by atoms with Crippen molar-refractivity contribution in [3.8, 4) is 0 Å². The molecule has 3 unspecified atom stereocenters. The van der Waals surface area contributed by atoms with Gasteiger partial charge in [-0.15, -0.1) is 0 Å². The highest BCUT2D eigenvalue weighted by atomic mass is 16.5. The molecule has 0 aromatic carbocycles. The van der Waals surface area contributed by atoms with E-state index in [1.54, 1.807) is 0 Å². The summed E-state index contributed by atoms with van der Waals surface area (Å²) in [4.78, 5) is 24.9. The fourth-order valence-electron chi connectivity index (χ4n) is 2.41. The van der Waals surface area contributed by atoms with E-state index in [0.717, 1.165) is 31.1 Å². The number of aryl methyl sites for hydroxylation is 1. The summed E-state index contributed by atoms with van der Waals surface area (Å²) in [5.41, 5.74) is 0. The maximum absolute atomic E-state index is 9.10. The Morgan fingerprint density at radius 2 is 2.14 bits per heavy atom. The van der Waals surface area contributed by atoms with E-state index in [9.17, 15) is 0 Å². The molecule has 0 aliphatic carbocycles. The lowest BCUT2D eigenvalue weighted by Crippen LogP contribution is -2.40. The van der Waals surface area contributed by atoms with Crippen LogP contribution in [0.3, 0.4) is 0 Å². The highest BCUT2D eigenvalue weighted by Gasteiger charge is 2.38. The molecule has 1 aromatic heterocycles. The second-order valence-electron chi connectivity index (χ2n) is 5.11. The summed E-state index contributed by atoms with van der Waals surface area (Å²) in [6.45, 7) is 7.61. The predicted octanol–water partition coefficient (Wildman–Crippen LogP) is 1.12. The monoisotopic (exact) mass is 308 g/mol. The number of hydrogen-bond acceptors (Lipinski definition) is 6. The minimum Gasteiger partial charge on any atom is -0.473 e. The smallest absolute Gasteiger partial charge is 0.414 e. The van der Waals surface area contributed by atoms with E-state index in [1.807, 2.05) is 0 Å². The summed E-state index contributed by atoms with van der Waals surface area (Å²) in [6.07, 6.45) is 5.37. The molecule has 4 heterocycles. The van der Waals surface area contributed by atoms with Gasteiger partial charge in [0.2, 0.25) is 5.89 Å². The van der Waals surface area contributed by atoms with Crippen molar-refractivity contribution in [3.63, 3.8) is 0 Å². The summed E-state index contributed by atoms with van der Waals surface area (Å²) in [7, 11) is 0. The SMILES string of the molecule is CCCc1nc(C2[CH]N3[CH][CH]C2CC3)no1.O=C(O)C(=O)O. The van der Waals surface area contributed by atoms with Gasteiger partial charge in [0.1, 0.15) is 0 Å². The van der Waals surface area contributed by atoms with Crippen LogP contribution < -0.4 is 0 Å². The van der Waals surface area contributed by atoms with Crippen molar-refractivity contribution in [1.29, 1.82) is 0 Å². The topological polar surface area (TPSA) is 117 Å². The quantitative estimate of drug-likeness (QED) is 0.798. The standard InChI is InChI=1S/C12H16N3O.C2H2O4/c1-2-3-11-13-12(14-16-11)10-8-15-6-4-9(10)5-7-15;3-1(4)2(5)6/h4,6,8-10H,2-3,5,7H2,1H3;(H,3,4)(H,5,6). The van der Waals surface area contributed by atoms with E-state index >= 15 is 0 Å².